The van der Waals surface area contributed by atoms with Crippen molar-refractivity contribution in [3.63, 3.8) is 0 Å². The number of imide groups is 1. The molecule has 3 N–H and O–H groups in total. The van der Waals surface area contributed by atoms with Crippen LogP contribution in [0.15, 0.2) is 24.3 Å². The number of amides is 2. The van der Waals surface area contributed by atoms with Crippen molar-refractivity contribution in [1.29, 1.82) is 0 Å². The number of piperazine rings is 1. The highest BCUT2D eigenvalue weighted by Gasteiger charge is 2.23. The molecule has 0 atom stereocenters. The summed E-state index contributed by atoms with van der Waals surface area (Å²) in [6.07, 6.45) is 2.91. The van der Waals surface area contributed by atoms with E-state index in [1.165, 1.54) is 5.56 Å². The molecule has 19 heavy (non-hydrogen) atoms. The Morgan fingerprint density at radius 1 is 1.11 bits per heavy atom. The van der Waals surface area contributed by atoms with Crippen molar-refractivity contribution in [2.75, 3.05) is 24.5 Å². The second kappa shape index (κ2) is 6.33. The highest BCUT2D eigenvalue weighted by Crippen LogP contribution is 2.22. The molecule has 2 amide bonds. The molecule has 0 saturated carbocycles. The maximum atomic E-state index is 11.4. The summed E-state index contributed by atoms with van der Waals surface area (Å²) in [5.41, 5.74) is 7.64. The molecule has 0 aromatic heterocycles. The molecular weight excluding hydrogens is 242 g/mol. The van der Waals surface area contributed by atoms with Crippen LogP contribution in [0.2, 0.25) is 0 Å². The van der Waals surface area contributed by atoms with Gasteiger partial charge in [-0.1, -0.05) is 18.2 Å². The van der Waals surface area contributed by atoms with Crippen LogP contribution in [-0.4, -0.2) is 31.4 Å². The van der Waals surface area contributed by atoms with Crippen molar-refractivity contribution in [1.82, 2.24) is 5.32 Å². The number of anilines is 1. The Morgan fingerprint density at radius 3 is 2.47 bits per heavy atom. The first-order valence-electron chi connectivity index (χ1n) is 6.56. The van der Waals surface area contributed by atoms with Gasteiger partial charge in [-0.25, -0.2) is 0 Å². The molecule has 0 unspecified atom stereocenters. The molecule has 5 nitrogen and oxygen atoms in total. The molecule has 0 spiro atoms. The van der Waals surface area contributed by atoms with Crippen LogP contribution in [0.5, 0.6) is 0 Å². The van der Waals surface area contributed by atoms with E-state index in [4.69, 9.17) is 5.73 Å². The summed E-state index contributed by atoms with van der Waals surface area (Å²) in [6, 6.07) is 7.92. The number of hydrogen-bond donors (Lipinski definition) is 2. The lowest BCUT2D eigenvalue weighted by atomic mass is 10.0. The number of hydrogen-bond acceptors (Lipinski definition) is 4. The topological polar surface area (TPSA) is 75.4 Å². The summed E-state index contributed by atoms with van der Waals surface area (Å²) in [5, 5.41) is 2.31. The first-order chi connectivity index (χ1) is 9.20. The Labute approximate surface area is 112 Å². The Morgan fingerprint density at radius 2 is 1.79 bits per heavy atom. The highest BCUT2D eigenvalue weighted by atomic mass is 16.2. The third-order valence-corrected chi connectivity index (χ3v) is 3.18. The number of carbonyl (C=O) groups excluding carboxylic acids is 2. The number of carbonyl (C=O) groups is 2. The van der Waals surface area contributed by atoms with Crippen LogP contribution >= 0.6 is 0 Å². The van der Waals surface area contributed by atoms with E-state index in [1.807, 2.05) is 29.2 Å². The van der Waals surface area contributed by atoms with E-state index < -0.39 is 0 Å². The summed E-state index contributed by atoms with van der Waals surface area (Å²) in [4.78, 5) is 24.7. The normalized spacial score (nSPS) is 15.5. The summed E-state index contributed by atoms with van der Waals surface area (Å²) in [7, 11) is 0. The lowest BCUT2D eigenvalue weighted by molar-refractivity contribution is -0.130. The van der Waals surface area contributed by atoms with E-state index in [2.05, 4.69) is 5.32 Å². The van der Waals surface area contributed by atoms with Crippen molar-refractivity contribution in [3.05, 3.63) is 29.8 Å². The third-order valence-electron chi connectivity index (χ3n) is 3.18. The van der Waals surface area contributed by atoms with Gasteiger partial charge in [-0.05, 0) is 37.4 Å². The Bertz CT molecular complexity index is 458. The molecule has 0 radical (unpaired) electrons. The molecule has 2 rings (SSSR count). The van der Waals surface area contributed by atoms with Gasteiger partial charge >= 0.3 is 0 Å². The van der Waals surface area contributed by atoms with E-state index in [0.29, 0.717) is 6.54 Å². The van der Waals surface area contributed by atoms with Gasteiger partial charge in [-0.15, -0.1) is 0 Å². The minimum atomic E-state index is -0.243. The standard InChI is InChI=1S/C14H19N3O2/c15-8-4-3-6-11-5-1-2-7-12(11)17-9-13(18)16-14(19)10-17/h1-2,5,7H,3-4,6,8-10,15H2,(H,16,18,19). The average Bonchev–Trinajstić information content (AvgIpc) is 2.38. The van der Waals surface area contributed by atoms with Gasteiger partial charge in [0.05, 0.1) is 13.1 Å². The van der Waals surface area contributed by atoms with E-state index >= 15 is 0 Å². The van der Waals surface area contributed by atoms with Crippen LogP contribution in [-0.2, 0) is 16.0 Å². The minimum Gasteiger partial charge on any atom is -0.353 e. The van der Waals surface area contributed by atoms with Crippen LogP contribution in [0.25, 0.3) is 0 Å². The first-order valence-corrected chi connectivity index (χ1v) is 6.56. The van der Waals surface area contributed by atoms with Crippen LogP contribution in [0, 0.1) is 0 Å². The molecule has 1 saturated heterocycles. The molecule has 102 valence electrons. The van der Waals surface area contributed by atoms with Crippen molar-refractivity contribution < 1.29 is 9.59 Å². The molecule has 0 aliphatic carbocycles. The zero-order chi connectivity index (χ0) is 13.7. The summed E-state index contributed by atoms with van der Waals surface area (Å²) >= 11 is 0. The lowest BCUT2D eigenvalue weighted by Gasteiger charge is -2.29. The second-order valence-electron chi connectivity index (χ2n) is 4.70. The number of nitrogens with one attached hydrogen (secondary N) is 1. The summed E-state index contributed by atoms with van der Waals surface area (Å²) in [6.45, 7) is 1.16. The third kappa shape index (κ3) is 3.54. The van der Waals surface area contributed by atoms with Crippen LogP contribution in [0.3, 0.4) is 0 Å². The molecule has 1 aromatic rings. The van der Waals surface area contributed by atoms with Crippen molar-refractivity contribution in [2.45, 2.75) is 19.3 Å². The Kier molecular flexibility index (Phi) is 4.52. The predicted molar refractivity (Wildman–Crippen MR) is 73.8 cm³/mol. The largest absolute Gasteiger partial charge is 0.353 e. The van der Waals surface area contributed by atoms with Gasteiger partial charge in [0.25, 0.3) is 0 Å². The van der Waals surface area contributed by atoms with Gasteiger partial charge in [0.2, 0.25) is 11.8 Å². The molecule has 5 heteroatoms. The second-order valence-corrected chi connectivity index (χ2v) is 4.70. The number of nitrogens with zero attached hydrogens (tertiary/aromatic N) is 1. The molecule has 1 aromatic carbocycles. The number of rotatable bonds is 5. The number of para-hydroxylation sites is 1. The smallest absolute Gasteiger partial charge is 0.246 e. The maximum Gasteiger partial charge on any atom is 0.246 e. The molecular formula is C14H19N3O2. The first kappa shape index (κ1) is 13.5. The SMILES string of the molecule is NCCCCc1ccccc1N1CC(=O)NC(=O)C1. The molecule has 0 bridgehead atoms. The van der Waals surface area contributed by atoms with Crippen LogP contribution in [0.4, 0.5) is 5.69 Å². The quantitative estimate of drug-likeness (QED) is 0.595. The fraction of sp³-hybridized carbons (Fsp3) is 0.429. The maximum absolute atomic E-state index is 11.4. The highest BCUT2D eigenvalue weighted by molar-refractivity contribution is 6.02. The summed E-state index contributed by atoms with van der Waals surface area (Å²) in [5.74, 6) is -0.485. The van der Waals surface area contributed by atoms with E-state index in [0.717, 1.165) is 24.9 Å². The zero-order valence-electron chi connectivity index (χ0n) is 10.9. The number of aryl methyl sites for hydroxylation is 1. The van der Waals surface area contributed by atoms with E-state index in [1.54, 1.807) is 0 Å². The molecule has 1 heterocycles. The predicted octanol–water partition coefficient (Wildman–Crippen LogP) is 0.431. The minimum absolute atomic E-state index is 0.236. The fourth-order valence-electron chi connectivity index (χ4n) is 2.30. The van der Waals surface area contributed by atoms with Gasteiger partial charge < -0.3 is 10.6 Å². The van der Waals surface area contributed by atoms with Gasteiger partial charge in [-0.2, -0.15) is 0 Å². The van der Waals surface area contributed by atoms with E-state index in [9.17, 15) is 9.59 Å². The van der Waals surface area contributed by atoms with Crippen molar-refractivity contribution in [3.8, 4) is 0 Å². The average molecular weight is 261 g/mol. The van der Waals surface area contributed by atoms with Crippen LogP contribution in [0.1, 0.15) is 18.4 Å². The van der Waals surface area contributed by atoms with Crippen molar-refractivity contribution >= 4 is 17.5 Å². The number of benzene rings is 1. The molecule has 1 aliphatic rings. The van der Waals surface area contributed by atoms with Gasteiger partial charge in [0, 0.05) is 5.69 Å². The van der Waals surface area contributed by atoms with Gasteiger partial charge in [0.1, 0.15) is 0 Å². The van der Waals surface area contributed by atoms with Gasteiger partial charge in [0.15, 0.2) is 0 Å². The number of nitrogens with two attached hydrogens (primary N) is 1. The van der Waals surface area contributed by atoms with E-state index in [-0.39, 0.29) is 24.9 Å². The van der Waals surface area contributed by atoms with Crippen LogP contribution < -0.4 is 16.0 Å². The monoisotopic (exact) mass is 261 g/mol. The lowest BCUT2D eigenvalue weighted by Crippen LogP contribution is -2.51. The van der Waals surface area contributed by atoms with Crippen molar-refractivity contribution in [2.24, 2.45) is 5.73 Å². The van der Waals surface area contributed by atoms with Gasteiger partial charge in [-0.3, -0.25) is 14.9 Å². The molecule has 1 fully saturated rings. The Hall–Kier alpha value is -1.88. The number of unbranched alkanes of at least 4 members (excludes halogenated alkanes) is 1. The summed E-state index contributed by atoms with van der Waals surface area (Å²) < 4.78 is 0. The Balaban J connectivity index is 2.14. The fourth-order valence-corrected chi connectivity index (χ4v) is 2.30. The molecule has 1 aliphatic heterocycles. The zero-order valence-corrected chi connectivity index (χ0v) is 10.9.